The van der Waals surface area contributed by atoms with Gasteiger partial charge >= 0.3 is 0 Å². The Bertz CT molecular complexity index is 239. The molecule has 1 atom stereocenters. The zero-order valence-corrected chi connectivity index (χ0v) is 10.0. The van der Waals surface area contributed by atoms with Crippen LogP contribution in [0.1, 0.15) is 47.5 Å². The average Bonchev–Trinajstić information content (AvgIpc) is 1.82. The molecule has 0 aromatic rings. The van der Waals surface area contributed by atoms with Crippen molar-refractivity contribution in [1.82, 2.24) is 4.72 Å². The largest absolute Gasteiger partial charge is 0.214 e. The molecule has 0 aromatic heterocycles. The van der Waals surface area contributed by atoms with E-state index in [2.05, 4.69) is 4.72 Å². The summed E-state index contributed by atoms with van der Waals surface area (Å²) >= 11 is 0. The Kier molecular flexibility index (Phi) is 4.39. The van der Waals surface area contributed by atoms with Gasteiger partial charge in [-0.05, 0) is 34.1 Å². The highest BCUT2D eigenvalue weighted by Crippen LogP contribution is 2.10. The summed E-state index contributed by atoms with van der Waals surface area (Å²) in [6.45, 7) is 9.29. The Morgan fingerprint density at radius 1 is 1.31 bits per heavy atom. The second-order valence-electron chi connectivity index (χ2n) is 4.50. The summed E-state index contributed by atoms with van der Waals surface area (Å²) in [5.41, 5.74) is -0.374. The van der Waals surface area contributed by atoms with E-state index < -0.39 is 10.0 Å². The van der Waals surface area contributed by atoms with Crippen LogP contribution in [0.4, 0.5) is 0 Å². The highest BCUT2D eigenvalue weighted by atomic mass is 32.2. The van der Waals surface area contributed by atoms with Gasteiger partial charge < -0.3 is 0 Å². The smallest absolute Gasteiger partial charge is 0.212 e. The van der Waals surface area contributed by atoms with Crippen LogP contribution in [0.25, 0.3) is 0 Å². The number of nitrogens with one attached hydrogen (secondary N) is 1. The van der Waals surface area contributed by atoms with Crippen molar-refractivity contribution in [3.63, 3.8) is 0 Å². The van der Waals surface area contributed by atoms with E-state index >= 15 is 0 Å². The molecule has 0 rings (SSSR count). The van der Waals surface area contributed by atoms with Crippen LogP contribution in [0.3, 0.4) is 0 Å². The predicted molar refractivity (Wildman–Crippen MR) is 56.2 cm³/mol. The maximum absolute atomic E-state index is 11.6. The minimum Gasteiger partial charge on any atom is -0.212 e. The standard InChI is InChI=1S/C9H21NO2S/c1-6-7-8(2)13(11,12)10-9(3,4)5/h8,10H,6-7H2,1-5H3. The Morgan fingerprint density at radius 2 is 1.77 bits per heavy atom. The van der Waals surface area contributed by atoms with Gasteiger partial charge in [0.2, 0.25) is 10.0 Å². The van der Waals surface area contributed by atoms with Crippen molar-refractivity contribution in [3.8, 4) is 0 Å². The normalized spacial score (nSPS) is 15.8. The second kappa shape index (κ2) is 4.42. The van der Waals surface area contributed by atoms with E-state index in [1.165, 1.54) is 0 Å². The molecule has 1 N–H and O–H groups in total. The molecule has 0 aliphatic heterocycles. The van der Waals surface area contributed by atoms with Crippen LogP contribution in [0.5, 0.6) is 0 Å². The molecule has 0 radical (unpaired) electrons. The van der Waals surface area contributed by atoms with Crippen molar-refractivity contribution in [2.75, 3.05) is 0 Å². The summed E-state index contributed by atoms with van der Waals surface area (Å²) in [5, 5.41) is -0.295. The molecular formula is C9H21NO2S. The van der Waals surface area contributed by atoms with Crippen LogP contribution < -0.4 is 4.72 Å². The van der Waals surface area contributed by atoms with Gasteiger partial charge in [-0.1, -0.05) is 13.3 Å². The van der Waals surface area contributed by atoms with Crippen LogP contribution in [0.2, 0.25) is 0 Å². The lowest BCUT2D eigenvalue weighted by Gasteiger charge is -2.23. The third-order valence-electron chi connectivity index (χ3n) is 1.67. The van der Waals surface area contributed by atoms with Gasteiger partial charge in [-0.3, -0.25) is 0 Å². The lowest BCUT2D eigenvalue weighted by molar-refractivity contribution is 0.482. The number of hydrogen-bond acceptors (Lipinski definition) is 2. The number of hydrogen-bond donors (Lipinski definition) is 1. The fourth-order valence-corrected chi connectivity index (χ4v) is 2.69. The van der Waals surface area contributed by atoms with Crippen molar-refractivity contribution in [2.45, 2.75) is 58.2 Å². The van der Waals surface area contributed by atoms with Gasteiger partial charge in [-0.15, -0.1) is 0 Å². The lowest BCUT2D eigenvalue weighted by atomic mass is 10.1. The molecule has 0 fully saturated rings. The average molecular weight is 207 g/mol. The zero-order chi connectivity index (χ0) is 10.7. The fraction of sp³-hybridized carbons (Fsp3) is 1.00. The molecule has 0 aromatic carbocycles. The maximum atomic E-state index is 11.6. The van der Waals surface area contributed by atoms with Gasteiger partial charge in [0.05, 0.1) is 5.25 Å². The van der Waals surface area contributed by atoms with Crippen molar-refractivity contribution in [3.05, 3.63) is 0 Å². The SMILES string of the molecule is CCCC(C)S(=O)(=O)NC(C)(C)C. The monoisotopic (exact) mass is 207 g/mol. The van der Waals surface area contributed by atoms with Crippen LogP contribution in [0.15, 0.2) is 0 Å². The first-order chi connectivity index (χ1) is 5.69. The van der Waals surface area contributed by atoms with Crippen LogP contribution in [0, 0.1) is 0 Å². The molecular weight excluding hydrogens is 186 g/mol. The van der Waals surface area contributed by atoms with E-state index in [4.69, 9.17) is 0 Å². The van der Waals surface area contributed by atoms with E-state index in [1.54, 1.807) is 6.92 Å². The third-order valence-corrected chi connectivity index (χ3v) is 3.87. The van der Waals surface area contributed by atoms with Gasteiger partial charge in [0.15, 0.2) is 0 Å². The van der Waals surface area contributed by atoms with E-state index in [1.807, 2.05) is 27.7 Å². The summed E-state index contributed by atoms with van der Waals surface area (Å²) < 4.78 is 25.9. The predicted octanol–water partition coefficient (Wildman–Crippen LogP) is 1.89. The Balaban J connectivity index is 4.41. The summed E-state index contributed by atoms with van der Waals surface area (Å²) in [6.07, 6.45) is 1.61. The second-order valence-corrected chi connectivity index (χ2v) is 6.60. The first-order valence-corrected chi connectivity index (χ1v) is 6.26. The Hall–Kier alpha value is -0.0900. The van der Waals surface area contributed by atoms with Crippen molar-refractivity contribution in [2.24, 2.45) is 0 Å². The molecule has 4 heteroatoms. The molecule has 0 spiro atoms. The first-order valence-electron chi connectivity index (χ1n) is 4.72. The molecule has 1 unspecified atom stereocenters. The van der Waals surface area contributed by atoms with Crippen LogP contribution in [-0.2, 0) is 10.0 Å². The van der Waals surface area contributed by atoms with Crippen molar-refractivity contribution in [1.29, 1.82) is 0 Å². The highest BCUT2D eigenvalue weighted by molar-refractivity contribution is 7.90. The topological polar surface area (TPSA) is 46.2 Å². The Labute approximate surface area is 82.0 Å². The van der Waals surface area contributed by atoms with Crippen molar-refractivity contribution >= 4 is 10.0 Å². The summed E-state index contributed by atoms with van der Waals surface area (Å²) in [6, 6.07) is 0. The van der Waals surface area contributed by atoms with Crippen LogP contribution in [-0.4, -0.2) is 19.2 Å². The van der Waals surface area contributed by atoms with Gasteiger partial charge in [-0.2, -0.15) is 0 Å². The van der Waals surface area contributed by atoms with E-state index in [0.29, 0.717) is 6.42 Å². The minimum atomic E-state index is -3.13. The quantitative estimate of drug-likeness (QED) is 0.765. The summed E-state index contributed by atoms with van der Waals surface area (Å²) in [4.78, 5) is 0. The lowest BCUT2D eigenvalue weighted by Crippen LogP contribution is -2.44. The molecule has 0 aliphatic rings. The molecule has 80 valence electrons. The Morgan fingerprint density at radius 3 is 2.08 bits per heavy atom. The van der Waals surface area contributed by atoms with Crippen molar-refractivity contribution < 1.29 is 8.42 Å². The maximum Gasteiger partial charge on any atom is 0.214 e. The fourth-order valence-electron chi connectivity index (χ4n) is 1.09. The van der Waals surface area contributed by atoms with E-state index in [-0.39, 0.29) is 10.8 Å². The van der Waals surface area contributed by atoms with Gasteiger partial charge in [0.25, 0.3) is 0 Å². The van der Waals surface area contributed by atoms with Crippen LogP contribution >= 0.6 is 0 Å². The summed E-state index contributed by atoms with van der Waals surface area (Å²) in [5.74, 6) is 0. The summed E-state index contributed by atoms with van der Waals surface area (Å²) in [7, 11) is -3.13. The minimum absolute atomic E-state index is 0.295. The van der Waals surface area contributed by atoms with Gasteiger partial charge in [0.1, 0.15) is 0 Å². The van der Waals surface area contributed by atoms with Gasteiger partial charge in [0, 0.05) is 5.54 Å². The van der Waals surface area contributed by atoms with E-state index in [0.717, 1.165) is 6.42 Å². The number of sulfonamides is 1. The molecule has 3 nitrogen and oxygen atoms in total. The zero-order valence-electron chi connectivity index (χ0n) is 9.22. The van der Waals surface area contributed by atoms with Gasteiger partial charge in [-0.25, -0.2) is 13.1 Å². The molecule has 0 saturated carbocycles. The number of rotatable bonds is 4. The van der Waals surface area contributed by atoms with E-state index in [9.17, 15) is 8.42 Å². The molecule has 0 aliphatic carbocycles. The molecule has 0 amide bonds. The highest BCUT2D eigenvalue weighted by Gasteiger charge is 2.24. The molecule has 13 heavy (non-hydrogen) atoms. The third kappa shape index (κ3) is 5.26. The molecule has 0 bridgehead atoms. The molecule has 0 heterocycles. The molecule has 0 saturated heterocycles. The first kappa shape index (κ1) is 12.9.